The van der Waals surface area contributed by atoms with Gasteiger partial charge in [0, 0.05) is 19.1 Å². The van der Waals surface area contributed by atoms with Crippen molar-refractivity contribution in [1.82, 2.24) is 15.1 Å². The highest BCUT2D eigenvalue weighted by atomic mass is 16.5. The molecule has 0 saturated carbocycles. The smallest absolute Gasteiger partial charge is 0.248 e. The number of amides is 1. The van der Waals surface area contributed by atoms with Gasteiger partial charge in [-0.1, -0.05) is 6.42 Å². The van der Waals surface area contributed by atoms with Crippen LogP contribution in [0, 0.1) is 0 Å². The monoisotopic (exact) mass is 295 g/mol. The normalized spacial score (nSPS) is 29.0. The first-order chi connectivity index (χ1) is 10.3. The molecule has 0 radical (unpaired) electrons. The zero-order valence-electron chi connectivity index (χ0n) is 13.1. The Bertz CT molecular complexity index is 338. The third kappa shape index (κ3) is 4.18. The number of piperidine rings is 2. The van der Waals surface area contributed by atoms with Crippen LogP contribution in [0.3, 0.4) is 0 Å². The molecular formula is C16H29N3O2. The third-order valence-electron chi connectivity index (χ3n) is 5.15. The summed E-state index contributed by atoms with van der Waals surface area (Å²) in [5.74, 6) is 0.188. The minimum Gasteiger partial charge on any atom is -0.368 e. The first-order valence-electron chi connectivity index (χ1n) is 8.67. The van der Waals surface area contributed by atoms with Crippen LogP contribution in [0.25, 0.3) is 0 Å². The molecule has 3 aliphatic heterocycles. The lowest BCUT2D eigenvalue weighted by molar-refractivity contribution is -0.137. The van der Waals surface area contributed by atoms with Gasteiger partial charge >= 0.3 is 0 Å². The molecule has 1 amide bonds. The zero-order valence-corrected chi connectivity index (χ0v) is 13.1. The molecule has 0 aromatic carbocycles. The van der Waals surface area contributed by atoms with Gasteiger partial charge in [0.15, 0.2) is 0 Å². The maximum absolute atomic E-state index is 12.3. The van der Waals surface area contributed by atoms with Crippen LogP contribution >= 0.6 is 0 Å². The fraction of sp³-hybridized carbons (Fsp3) is 0.938. The summed E-state index contributed by atoms with van der Waals surface area (Å²) in [5.41, 5.74) is 0. The van der Waals surface area contributed by atoms with Crippen molar-refractivity contribution in [2.24, 2.45) is 0 Å². The van der Waals surface area contributed by atoms with E-state index in [0.717, 1.165) is 45.4 Å². The van der Waals surface area contributed by atoms with Crippen LogP contribution in [0.15, 0.2) is 0 Å². The zero-order chi connectivity index (χ0) is 14.5. The fourth-order valence-corrected chi connectivity index (χ4v) is 3.79. The molecule has 3 saturated heterocycles. The maximum atomic E-state index is 12.3. The lowest BCUT2D eigenvalue weighted by Gasteiger charge is -2.32. The summed E-state index contributed by atoms with van der Waals surface area (Å²) < 4.78 is 5.79. The Morgan fingerprint density at radius 3 is 2.57 bits per heavy atom. The Morgan fingerprint density at radius 1 is 1.05 bits per heavy atom. The molecule has 1 unspecified atom stereocenters. The molecule has 1 N–H and O–H groups in total. The molecule has 0 aromatic heterocycles. The van der Waals surface area contributed by atoms with E-state index in [1.165, 1.54) is 32.4 Å². The van der Waals surface area contributed by atoms with Crippen molar-refractivity contribution < 1.29 is 9.53 Å². The molecule has 0 spiro atoms. The van der Waals surface area contributed by atoms with Crippen molar-refractivity contribution in [2.75, 3.05) is 45.9 Å². The molecular weight excluding hydrogens is 266 g/mol. The third-order valence-corrected chi connectivity index (χ3v) is 5.15. The average molecular weight is 295 g/mol. The molecule has 5 heteroatoms. The second-order valence-corrected chi connectivity index (χ2v) is 6.64. The Kier molecular flexibility index (Phi) is 5.49. The number of ether oxygens (including phenoxy) is 1. The average Bonchev–Trinajstić information content (AvgIpc) is 3.04. The largest absolute Gasteiger partial charge is 0.368 e. The number of hydrogen-bond donors (Lipinski definition) is 1. The molecule has 0 aromatic rings. The Hall–Kier alpha value is -0.650. The van der Waals surface area contributed by atoms with Crippen LogP contribution in [-0.4, -0.2) is 73.7 Å². The number of carbonyl (C=O) groups is 1. The lowest BCUT2D eigenvalue weighted by atomic mass is 10.1. The summed E-state index contributed by atoms with van der Waals surface area (Å²) in [5, 5.41) is 3.32. The van der Waals surface area contributed by atoms with E-state index in [9.17, 15) is 4.79 Å². The van der Waals surface area contributed by atoms with E-state index < -0.39 is 0 Å². The summed E-state index contributed by atoms with van der Waals surface area (Å²) in [6.45, 7) is 6.57. The van der Waals surface area contributed by atoms with Gasteiger partial charge in [-0.2, -0.15) is 0 Å². The van der Waals surface area contributed by atoms with Crippen LogP contribution in [-0.2, 0) is 9.53 Å². The molecule has 3 rings (SSSR count). The van der Waals surface area contributed by atoms with Crippen LogP contribution in [0.2, 0.25) is 0 Å². The number of hydrogen-bond acceptors (Lipinski definition) is 4. The van der Waals surface area contributed by atoms with E-state index >= 15 is 0 Å². The molecule has 3 heterocycles. The van der Waals surface area contributed by atoms with E-state index in [1.807, 2.05) is 4.90 Å². The summed E-state index contributed by atoms with van der Waals surface area (Å²) >= 11 is 0. The molecule has 1 atom stereocenters. The predicted octanol–water partition coefficient (Wildman–Crippen LogP) is 0.842. The second kappa shape index (κ2) is 7.56. The minimum absolute atomic E-state index is 0.188. The minimum atomic E-state index is 0.188. The van der Waals surface area contributed by atoms with E-state index in [1.54, 1.807) is 0 Å². The molecule has 0 aliphatic carbocycles. The lowest BCUT2D eigenvalue weighted by Crippen LogP contribution is -2.42. The van der Waals surface area contributed by atoms with Crippen LogP contribution < -0.4 is 5.32 Å². The van der Waals surface area contributed by atoms with Crippen molar-refractivity contribution >= 4 is 5.91 Å². The van der Waals surface area contributed by atoms with E-state index in [4.69, 9.17) is 4.74 Å². The topological polar surface area (TPSA) is 44.8 Å². The fourth-order valence-electron chi connectivity index (χ4n) is 3.79. The van der Waals surface area contributed by atoms with Gasteiger partial charge in [-0.15, -0.1) is 0 Å². The molecule has 3 aliphatic rings. The quantitative estimate of drug-likeness (QED) is 0.835. The number of carbonyl (C=O) groups excluding carboxylic acids is 1. The Morgan fingerprint density at radius 2 is 1.81 bits per heavy atom. The second-order valence-electron chi connectivity index (χ2n) is 6.64. The first-order valence-corrected chi connectivity index (χ1v) is 8.67. The van der Waals surface area contributed by atoms with Crippen molar-refractivity contribution in [2.45, 2.75) is 50.7 Å². The van der Waals surface area contributed by atoms with Crippen molar-refractivity contribution in [3.05, 3.63) is 0 Å². The summed E-state index contributed by atoms with van der Waals surface area (Å²) in [7, 11) is 0. The molecule has 21 heavy (non-hydrogen) atoms. The van der Waals surface area contributed by atoms with Crippen molar-refractivity contribution in [3.63, 3.8) is 0 Å². The summed E-state index contributed by atoms with van der Waals surface area (Å²) in [4.78, 5) is 16.9. The molecule has 5 nitrogen and oxygen atoms in total. The molecule has 0 bridgehead atoms. The molecule has 3 fully saturated rings. The van der Waals surface area contributed by atoms with E-state index in [0.29, 0.717) is 6.04 Å². The van der Waals surface area contributed by atoms with E-state index in [-0.39, 0.29) is 18.6 Å². The van der Waals surface area contributed by atoms with Crippen LogP contribution in [0.5, 0.6) is 0 Å². The Balaban J connectivity index is 1.39. The van der Waals surface area contributed by atoms with Gasteiger partial charge in [0.1, 0.15) is 6.61 Å². The van der Waals surface area contributed by atoms with Crippen molar-refractivity contribution in [1.29, 1.82) is 0 Å². The number of likely N-dealkylation sites (tertiary alicyclic amines) is 2. The number of rotatable bonds is 4. The van der Waals surface area contributed by atoms with Gasteiger partial charge in [-0.3, -0.25) is 9.69 Å². The predicted molar refractivity (Wildman–Crippen MR) is 82.3 cm³/mol. The van der Waals surface area contributed by atoms with Gasteiger partial charge in [-0.05, 0) is 58.3 Å². The van der Waals surface area contributed by atoms with Crippen LogP contribution in [0.4, 0.5) is 0 Å². The van der Waals surface area contributed by atoms with Gasteiger partial charge in [0.25, 0.3) is 0 Å². The number of nitrogens with zero attached hydrogens (tertiary/aromatic N) is 2. The van der Waals surface area contributed by atoms with Gasteiger partial charge in [-0.25, -0.2) is 0 Å². The van der Waals surface area contributed by atoms with Gasteiger partial charge in [0.05, 0.1) is 6.10 Å². The van der Waals surface area contributed by atoms with Crippen molar-refractivity contribution in [3.8, 4) is 0 Å². The van der Waals surface area contributed by atoms with Gasteiger partial charge < -0.3 is 15.0 Å². The Labute approximate surface area is 128 Å². The van der Waals surface area contributed by atoms with Gasteiger partial charge in [0.2, 0.25) is 5.91 Å². The van der Waals surface area contributed by atoms with E-state index in [2.05, 4.69) is 10.2 Å². The highest BCUT2D eigenvalue weighted by Gasteiger charge is 2.31. The summed E-state index contributed by atoms with van der Waals surface area (Å²) in [6.07, 6.45) is 7.49. The maximum Gasteiger partial charge on any atom is 0.248 e. The SMILES string of the molecule is O=C(COC1CCNCC1)N1CCC(N2CCCCC2)C1. The summed E-state index contributed by atoms with van der Waals surface area (Å²) in [6, 6.07) is 0.591. The standard InChI is InChI=1S/C16H29N3O2/c20-16(13-21-15-4-7-17-8-5-15)19-11-6-14(12-19)18-9-2-1-3-10-18/h14-15,17H,1-13H2. The van der Waals surface area contributed by atoms with Crippen LogP contribution in [0.1, 0.15) is 38.5 Å². The highest BCUT2D eigenvalue weighted by molar-refractivity contribution is 5.77. The molecule has 120 valence electrons. The highest BCUT2D eigenvalue weighted by Crippen LogP contribution is 2.20. The number of nitrogens with one attached hydrogen (secondary N) is 1. The first kappa shape index (κ1) is 15.3.